The number of methoxy groups -OCH3 is 1. The highest BCUT2D eigenvalue weighted by atomic mass is 16.7. The molecule has 1 aliphatic carbocycles. The lowest BCUT2D eigenvalue weighted by Crippen LogP contribution is -2.37. The van der Waals surface area contributed by atoms with E-state index in [2.05, 4.69) is 5.16 Å². The van der Waals surface area contributed by atoms with E-state index in [4.69, 9.17) is 14.7 Å². The Labute approximate surface area is 83.9 Å². The topological polar surface area (TPSA) is 51.0 Å². The number of hydrogen-bond acceptors (Lipinski definition) is 4. The van der Waals surface area contributed by atoms with E-state index < -0.39 is 0 Å². The molecule has 1 N–H and O–H groups in total. The summed E-state index contributed by atoms with van der Waals surface area (Å²) in [6.07, 6.45) is 5.00. The molecule has 1 saturated carbocycles. The molecule has 0 saturated heterocycles. The van der Waals surface area contributed by atoms with Gasteiger partial charge in [0, 0.05) is 13.5 Å². The minimum atomic E-state index is -0.191. The maximum Gasteiger partial charge on any atom is 0.155 e. The number of ether oxygens (including phenoxy) is 1. The molecule has 4 heteroatoms. The Morgan fingerprint density at radius 1 is 1.57 bits per heavy atom. The van der Waals surface area contributed by atoms with Crippen molar-refractivity contribution in [3.8, 4) is 0 Å². The number of oxime groups is 1. The molecule has 1 fully saturated rings. The molecule has 1 atom stereocenters. The fourth-order valence-electron chi connectivity index (χ4n) is 2.35. The van der Waals surface area contributed by atoms with Crippen LogP contribution in [0.5, 0.6) is 0 Å². The number of hydrogen-bond donors (Lipinski definition) is 1. The van der Waals surface area contributed by atoms with Crippen LogP contribution in [-0.2, 0) is 9.57 Å². The molecule has 14 heavy (non-hydrogen) atoms. The second-order valence-corrected chi connectivity index (χ2v) is 4.06. The molecular weight excluding hydrogens is 182 g/mol. The van der Waals surface area contributed by atoms with Gasteiger partial charge in [-0.05, 0) is 12.8 Å². The highest BCUT2D eigenvalue weighted by molar-refractivity contribution is 5.93. The van der Waals surface area contributed by atoms with Crippen LogP contribution in [0.15, 0.2) is 5.16 Å². The quantitative estimate of drug-likeness (QED) is 0.740. The largest absolute Gasteiger partial charge is 0.392 e. The Kier molecular flexibility index (Phi) is 2.74. The third kappa shape index (κ3) is 1.53. The molecule has 0 aromatic heterocycles. The summed E-state index contributed by atoms with van der Waals surface area (Å²) in [6, 6.07) is 0. The summed E-state index contributed by atoms with van der Waals surface area (Å²) in [6.45, 7) is 0.0345. The van der Waals surface area contributed by atoms with Crippen molar-refractivity contribution in [3.63, 3.8) is 0 Å². The smallest absolute Gasteiger partial charge is 0.155 e. The summed E-state index contributed by atoms with van der Waals surface area (Å²) in [5.41, 5.74) is 0.792. The zero-order chi connectivity index (χ0) is 10.0. The van der Waals surface area contributed by atoms with Gasteiger partial charge in [-0.2, -0.15) is 0 Å². The van der Waals surface area contributed by atoms with Gasteiger partial charge in [0.25, 0.3) is 0 Å². The molecule has 1 heterocycles. The molecule has 1 aliphatic heterocycles. The molecule has 1 unspecified atom stereocenters. The van der Waals surface area contributed by atoms with E-state index in [9.17, 15) is 0 Å². The molecular formula is C10H17NO3. The molecule has 0 aromatic rings. The van der Waals surface area contributed by atoms with Crippen LogP contribution in [0.1, 0.15) is 32.1 Å². The van der Waals surface area contributed by atoms with Gasteiger partial charge < -0.3 is 14.7 Å². The van der Waals surface area contributed by atoms with Crippen molar-refractivity contribution in [2.45, 2.75) is 43.8 Å². The van der Waals surface area contributed by atoms with Gasteiger partial charge >= 0.3 is 0 Å². The molecule has 2 rings (SSSR count). The molecule has 80 valence electrons. The molecule has 0 spiro atoms. The first-order valence-corrected chi connectivity index (χ1v) is 5.20. The van der Waals surface area contributed by atoms with Crippen molar-refractivity contribution < 1.29 is 14.7 Å². The van der Waals surface area contributed by atoms with Crippen molar-refractivity contribution in [2.75, 3.05) is 13.7 Å². The van der Waals surface area contributed by atoms with Crippen molar-refractivity contribution in [1.82, 2.24) is 0 Å². The summed E-state index contributed by atoms with van der Waals surface area (Å²) in [5.74, 6) is 0. The van der Waals surface area contributed by atoms with E-state index in [1.807, 2.05) is 0 Å². The van der Waals surface area contributed by atoms with E-state index in [0.717, 1.165) is 18.6 Å². The van der Waals surface area contributed by atoms with Crippen LogP contribution in [0.4, 0.5) is 0 Å². The van der Waals surface area contributed by atoms with Crippen molar-refractivity contribution in [1.29, 1.82) is 0 Å². The Balaban J connectivity index is 2.06. The van der Waals surface area contributed by atoms with Crippen molar-refractivity contribution >= 4 is 5.71 Å². The number of rotatable bonds is 3. The van der Waals surface area contributed by atoms with Crippen molar-refractivity contribution in [2.24, 2.45) is 5.16 Å². The fourth-order valence-corrected chi connectivity index (χ4v) is 2.35. The highest BCUT2D eigenvalue weighted by Gasteiger charge is 2.42. The summed E-state index contributed by atoms with van der Waals surface area (Å²) < 4.78 is 5.58. The Hall–Kier alpha value is -0.610. The third-order valence-corrected chi connectivity index (χ3v) is 3.26. The Morgan fingerprint density at radius 3 is 2.79 bits per heavy atom. The lowest BCUT2D eigenvalue weighted by molar-refractivity contribution is 0.0384. The van der Waals surface area contributed by atoms with E-state index in [0.29, 0.717) is 6.42 Å². The summed E-state index contributed by atoms with van der Waals surface area (Å²) in [4.78, 5) is 5.11. The van der Waals surface area contributed by atoms with Gasteiger partial charge in [0.05, 0.1) is 12.3 Å². The van der Waals surface area contributed by atoms with Gasteiger partial charge in [0.15, 0.2) is 6.10 Å². The van der Waals surface area contributed by atoms with E-state index in [-0.39, 0.29) is 18.3 Å². The number of nitrogens with zero attached hydrogens (tertiary/aromatic N) is 1. The first kappa shape index (κ1) is 9.93. The molecule has 0 aromatic carbocycles. The molecule has 0 radical (unpaired) electrons. The lowest BCUT2D eigenvalue weighted by atomic mass is 9.92. The summed E-state index contributed by atoms with van der Waals surface area (Å²) in [5, 5.41) is 13.0. The standard InChI is InChI=1S/C10H17NO3/c1-13-10(4-2-3-5-10)9-6-8(7-12)14-11-9/h8,12H,2-7H2,1H3. The van der Waals surface area contributed by atoms with Crippen LogP contribution in [0, 0.1) is 0 Å². The second kappa shape index (κ2) is 3.87. The van der Waals surface area contributed by atoms with Crippen LogP contribution in [-0.4, -0.2) is 36.2 Å². The van der Waals surface area contributed by atoms with E-state index >= 15 is 0 Å². The second-order valence-electron chi connectivity index (χ2n) is 4.06. The first-order valence-electron chi connectivity index (χ1n) is 5.20. The first-order chi connectivity index (χ1) is 6.80. The molecule has 2 aliphatic rings. The third-order valence-electron chi connectivity index (χ3n) is 3.26. The molecule has 4 nitrogen and oxygen atoms in total. The summed E-state index contributed by atoms with van der Waals surface area (Å²) >= 11 is 0. The van der Waals surface area contributed by atoms with Crippen LogP contribution >= 0.6 is 0 Å². The lowest BCUT2D eigenvalue weighted by Gasteiger charge is -2.26. The van der Waals surface area contributed by atoms with Gasteiger partial charge in [-0.15, -0.1) is 0 Å². The molecule has 0 amide bonds. The average molecular weight is 199 g/mol. The van der Waals surface area contributed by atoms with E-state index in [1.165, 1.54) is 12.8 Å². The fraction of sp³-hybridized carbons (Fsp3) is 0.900. The number of aliphatic hydroxyl groups is 1. The van der Waals surface area contributed by atoms with Gasteiger partial charge in [-0.25, -0.2) is 0 Å². The van der Waals surface area contributed by atoms with Crippen LogP contribution in [0.3, 0.4) is 0 Å². The monoisotopic (exact) mass is 199 g/mol. The minimum Gasteiger partial charge on any atom is -0.392 e. The van der Waals surface area contributed by atoms with E-state index in [1.54, 1.807) is 7.11 Å². The SMILES string of the molecule is COC1(C2=NOC(CO)C2)CCCC1. The Morgan fingerprint density at radius 2 is 2.29 bits per heavy atom. The molecule has 0 bridgehead atoms. The zero-order valence-corrected chi connectivity index (χ0v) is 8.53. The average Bonchev–Trinajstić information content (AvgIpc) is 2.87. The van der Waals surface area contributed by atoms with Gasteiger partial charge in [-0.1, -0.05) is 18.0 Å². The maximum absolute atomic E-state index is 8.94. The normalized spacial score (nSPS) is 30.1. The van der Waals surface area contributed by atoms with Gasteiger partial charge in [0.1, 0.15) is 5.60 Å². The predicted octanol–water partition coefficient (Wildman–Crippen LogP) is 1.08. The highest BCUT2D eigenvalue weighted by Crippen LogP contribution is 2.37. The predicted molar refractivity (Wildman–Crippen MR) is 52.2 cm³/mol. The Bertz CT molecular complexity index is 234. The zero-order valence-electron chi connectivity index (χ0n) is 8.53. The van der Waals surface area contributed by atoms with Crippen LogP contribution in [0.2, 0.25) is 0 Å². The minimum absolute atomic E-state index is 0.0345. The summed E-state index contributed by atoms with van der Waals surface area (Å²) in [7, 11) is 1.74. The van der Waals surface area contributed by atoms with Gasteiger partial charge in [-0.3, -0.25) is 0 Å². The van der Waals surface area contributed by atoms with Gasteiger partial charge in [0.2, 0.25) is 0 Å². The van der Waals surface area contributed by atoms with Crippen molar-refractivity contribution in [3.05, 3.63) is 0 Å². The maximum atomic E-state index is 8.94. The number of aliphatic hydroxyl groups excluding tert-OH is 1. The van der Waals surface area contributed by atoms with Crippen LogP contribution < -0.4 is 0 Å². The van der Waals surface area contributed by atoms with Crippen LogP contribution in [0.25, 0.3) is 0 Å².